The molecule has 5 nitrogen and oxygen atoms in total. The third kappa shape index (κ3) is 5.62. The van der Waals surface area contributed by atoms with Gasteiger partial charge in [0.2, 0.25) is 0 Å². The number of alkyl halides is 5. The third-order valence-corrected chi connectivity index (χ3v) is 6.57. The highest BCUT2D eigenvalue weighted by Gasteiger charge is 2.42. The van der Waals surface area contributed by atoms with E-state index in [2.05, 4.69) is 9.97 Å². The van der Waals surface area contributed by atoms with Crippen molar-refractivity contribution in [2.24, 2.45) is 5.92 Å². The first-order valence-corrected chi connectivity index (χ1v) is 11.7. The van der Waals surface area contributed by atoms with Crippen LogP contribution in [-0.4, -0.2) is 32.7 Å². The smallest absolute Gasteiger partial charge is 0.362 e. The topological polar surface area (TPSA) is 78.8 Å². The Hall–Kier alpha value is -2.01. The quantitative estimate of drug-likeness (QED) is 0.520. The molecule has 0 bridgehead atoms. The van der Waals surface area contributed by atoms with Gasteiger partial charge in [0.05, 0.1) is 21.8 Å². The Morgan fingerprint density at radius 1 is 1.13 bits per heavy atom. The van der Waals surface area contributed by atoms with Gasteiger partial charge in [-0.05, 0) is 38.2 Å². The van der Waals surface area contributed by atoms with Crippen LogP contribution in [0.5, 0.6) is 0 Å². The summed E-state index contributed by atoms with van der Waals surface area (Å²) in [7, 11) is -3.13. The van der Waals surface area contributed by atoms with Gasteiger partial charge in [0.25, 0.3) is 6.43 Å². The summed E-state index contributed by atoms with van der Waals surface area (Å²) in [6, 6.07) is 5.41. The lowest BCUT2D eigenvalue weighted by molar-refractivity contribution is -0.188. The fourth-order valence-electron chi connectivity index (χ4n) is 3.81. The molecule has 1 heterocycles. The number of aryl methyl sites for hydroxylation is 1. The normalized spacial score (nSPS) is 23.0. The van der Waals surface area contributed by atoms with E-state index in [4.69, 9.17) is 9.52 Å². The summed E-state index contributed by atoms with van der Waals surface area (Å²) >= 11 is 0. The molecule has 11 heteroatoms. The maximum absolute atomic E-state index is 13.0. The van der Waals surface area contributed by atoms with Crippen LogP contribution in [0.4, 0.5) is 22.0 Å². The molecule has 2 aromatic rings. The van der Waals surface area contributed by atoms with Crippen molar-refractivity contribution >= 4 is 9.73 Å². The van der Waals surface area contributed by atoms with Crippen LogP contribution in [0.25, 0.3) is 0 Å². The molecular weight excluding hydrogens is 441 g/mol. The number of imidazole rings is 1. The first-order valence-electron chi connectivity index (χ1n) is 9.76. The standard InChI is InChI=1S/C20H24F5N3O2S/c1-11-19(31(2,26)29)28-18(27-11)16(12-3-5-13(6-4-12)17(21)22)30-15-9-7-14(8-10-15)20(23,24)25/h3-6,14-17,26H,7-10H2,1-2H3,(H,27,28)/t14?,15?,16?,31-/m1/s1. The summed E-state index contributed by atoms with van der Waals surface area (Å²) in [5, 5.41) is 0.0566. The van der Waals surface area contributed by atoms with Gasteiger partial charge < -0.3 is 9.72 Å². The number of ether oxygens (including phenoxy) is 1. The van der Waals surface area contributed by atoms with Gasteiger partial charge in [-0.3, -0.25) is 0 Å². The van der Waals surface area contributed by atoms with Crippen LogP contribution in [0.3, 0.4) is 0 Å². The molecule has 31 heavy (non-hydrogen) atoms. The van der Waals surface area contributed by atoms with Crippen LogP contribution in [0, 0.1) is 17.6 Å². The number of nitrogens with one attached hydrogen (secondary N) is 2. The summed E-state index contributed by atoms with van der Waals surface area (Å²) in [5.74, 6) is -1.13. The molecule has 1 aliphatic carbocycles. The Bertz CT molecular complexity index is 995. The maximum atomic E-state index is 13.0. The van der Waals surface area contributed by atoms with E-state index < -0.39 is 40.5 Å². The fourth-order valence-corrected chi connectivity index (χ4v) is 4.71. The Kier molecular flexibility index (Phi) is 6.75. The molecule has 3 rings (SSSR count). The summed E-state index contributed by atoms with van der Waals surface area (Å²) in [4.78, 5) is 7.21. The molecule has 2 atom stereocenters. The minimum Gasteiger partial charge on any atom is -0.362 e. The molecule has 2 N–H and O–H groups in total. The van der Waals surface area contributed by atoms with Gasteiger partial charge >= 0.3 is 6.18 Å². The highest BCUT2D eigenvalue weighted by atomic mass is 32.2. The van der Waals surface area contributed by atoms with Crippen molar-refractivity contribution < 1.29 is 30.9 Å². The minimum atomic E-state index is -4.24. The lowest BCUT2D eigenvalue weighted by atomic mass is 9.87. The van der Waals surface area contributed by atoms with Crippen molar-refractivity contribution in [1.29, 1.82) is 4.78 Å². The molecule has 1 fully saturated rings. The van der Waals surface area contributed by atoms with E-state index in [-0.39, 0.29) is 42.1 Å². The molecule has 1 aromatic heterocycles. The van der Waals surface area contributed by atoms with Gasteiger partial charge in [0.15, 0.2) is 5.03 Å². The van der Waals surface area contributed by atoms with Gasteiger partial charge in [-0.1, -0.05) is 24.3 Å². The number of halogens is 5. The van der Waals surface area contributed by atoms with E-state index in [9.17, 15) is 26.2 Å². The van der Waals surface area contributed by atoms with E-state index >= 15 is 0 Å². The zero-order valence-corrected chi connectivity index (χ0v) is 17.8. The Labute approximate surface area is 177 Å². The predicted molar refractivity (Wildman–Crippen MR) is 105 cm³/mol. The van der Waals surface area contributed by atoms with Crippen molar-refractivity contribution in [1.82, 2.24) is 9.97 Å². The summed E-state index contributed by atoms with van der Waals surface area (Å²) < 4.78 is 90.8. The number of aromatic nitrogens is 2. The van der Waals surface area contributed by atoms with Crippen LogP contribution in [-0.2, 0) is 14.5 Å². The van der Waals surface area contributed by atoms with E-state index in [0.717, 1.165) is 0 Å². The highest BCUT2D eigenvalue weighted by Crippen LogP contribution is 2.40. The molecular formula is C20H24F5N3O2S. The molecule has 0 amide bonds. The van der Waals surface area contributed by atoms with Crippen molar-refractivity contribution in [3.63, 3.8) is 0 Å². The van der Waals surface area contributed by atoms with Crippen LogP contribution < -0.4 is 0 Å². The van der Waals surface area contributed by atoms with Crippen molar-refractivity contribution in [3.05, 3.63) is 46.9 Å². The Morgan fingerprint density at radius 2 is 1.68 bits per heavy atom. The summed E-state index contributed by atoms with van der Waals surface area (Å²) in [6.07, 6.45) is -6.72. The van der Waals surface area contributed by atoms with Gasteiger partial charge in [-0.15, -0.1) is 0 Å². The first kappa shape index (κ1) is 23.6. The maximum Gasteiger partial charge on any atom is 0.391 e. The second kappa shape index (κ2) is 8.85. The molecule has 1 saturated carbocycles. The van der Waals surface area contributed by atoms with Crippen LogP contribution in [0.1, 0.15) is 60.9 Å². The van der Waals surface area contributed by atoms with Crippen LogP contribution >= 0.6 is 0 Å². The molecule has 1 aromatic carbocycles. The summed E-state index contributed by atoms with van der Waals surface area (Å²) in [5.41, 5.74) is 0.721. The number of nitrogens with zero attached hydrogens (tertiary/aromatic N) is 1. The van der Waals surface area contributed by atoms with Crippen LogP contribution in [0.2, 0.25) is 0 Å². The number of hydrogen-bond acceptors (Lipinski definition) is 4. The molecule has 172 valence electrons. The van der Waals surface area contributed by atoms with Gasteiger partial charge in [-0.25, -0.2) is 22.8 Å². The van der Waals surface area contributed by atoms with E-state index in [1.807, 2.05) is 0 Å². The largest absolute Gasteiger partial charge is 0.391 e. The SMILES string of the molecule is Cc1[nH]c(C(OC2CCC(C(F)(F)F)CC2)c2ccc(C(F)F)cc2)nc1[S@](C)(=N)=O. The summed E-state index contributed by atoms with van der Waals surface area (Å²) in [6.45, 7) is 1.61. The average Bonchev–Trinajstić information content (AvgIpc) is 3.08. The minimum absolute atomic E-state index is 0.0524. The number of aromatic amines is 1. The Morgan fingerprint density at radius 3 is 2.13 bits per heavy atom. The second-order valence-corrected chi connectivity index (χ2v) is 9.97. The Balaban J connectivity index is 1.89. The number of benzene rings is 1. The van der Waals surface area contributed by atoms with Gasteiger partial charge in [-0.2, -0.15) is 13.2 Å². The highest BCUT2D eigenvalue weighted by molar-refractivity contribution is 7.91. The number of rotatable bonds is 6. The number of H-pyrrole nitrogens is 1. The van der Waals surface area contributed by atoms with E-state index in [1.54, 1.807) is 6.92 Å². The molecule has 1 aliphatic rings. The second-order valence-electron chi connectivity index (χ2n) is 7.89. The lowest BCUT2D eigenvalue weighted by Gasteiger charge is -2.32. The zero-order valence-electron chi connectivity index (χ0n) is 17.0. The monoisotopic (exact) mass is 465 g/mol. The lowest BCUT2D eigenvalue weighted by Crippen LogP contribution is -2.31. The van der Waals surface area contributed by atoms with E-state index in [1.165, 1.54) is 30.5 Å². The molecule has 0 saturated heterocycles. The molecule has 0 spiro atoms. The zero-order chi connectivity index (χ0) is 23.0. The van der Waals surface area contributed by atoms with Crippen molar-refractivity contribution in [3.8, 4) is 0 Å². The molecule has 1 unspecified atom stereocenters. The average molecular weight is 465 g/mol. The molecule has 0 radical (unpaired) electrons. The van der Waals surface area contributed by atoms with Gasteiger partial charge in [0.1, 0.15) is 11.9 Å². The predicted octanol–water partition coefficient (Wildman–Crippen LogP) is 5.92. The third-order valence-electron chi connectivity index (χ3n) is 5.43. The fraction of sp³-hybridized carbons (Fsp3) is 0.550. The van der Waals surface area contributed by atoms with E-state index in [0.29, 0.717) is 11.3 Å². The molecule has 0 aliphatic heterocycles. The van der Waals surface area contributed by atoms with Crippen molar-refractivity contribution in [2.75, 3.05) is 6.26 Å². The number of hydrogen-bond donors (Lipinski definition) is 2. The first-order chi connectivity index (χ1) is 14.4. The van der Waals surface area contributed by atoms with Crippen LogP contribution in [0.15, 0.2) is 29.3 Å². The van der Waals surface area contributed by atoms with Crippen molar-refractivity contribution in [2.45, 2.75) is 62.4 Å². The van der Waals surface area contributed by atoms with Gasteiger partial charge in [0, 0.05) is 17.5 Å².